The van der Waals surface area contributed by atoms with Crippen molar-refractivity contribution in [2.75, 3.05) is 11.1 Å². The molecule has 0 bridgehead atoms. The number of nitrogens with two attached hydrogens (primary N) is 1. The van der Waals surface area contributed by atoms with Crippen LogP contribution in [0.25, 0.3) is 0 Å². The number of carbonyl (C=O) groups excluding carboxylic acids is 1. The number of amides is 1. The lowest BCUT2D eigenvalue weighted by molar-refractivity contribution is 0.102. The average Bonchev–Trinajstić information content (AvgIpc) is 2.32. The smallest absolute Gasteiger partial charge is 0.258 e. The van der Waals surface area contributed by atoms with Crippen molar-refractivity contribution in [2.24, 2.45) is 0 Å². The number of aryl methyl sites for hydroxylation is 2. The van der Waals surface area contributed by atoms with E-state index in [1.54, 1.807) is 24.4 Å². The van der Waals surface area contributed by atoms with Crippen LogP contribution in [0.3, 0.4) is 0 Å². The maximum absolute atomic E-state index is 12.0. The van der Waals surface area contributed by atoms with Gasteiger partial charge < -0.3 is 11.1 Å². The molecule has 4 nitrogen and oxygen atoms in total. The molecule has 0 radical (unpaired) electrons. The average molecular weight is 241 g/mol. The maximum atomic E-state index is 12.0. The largest absolute Gasteiger partial charge is 0.398 e. The zero-order chi connectivity index (χ0) is 13.1. The van der Waals surface area contributed by atoms with Crippen molar-refractivity contribution >= 4 is 17.4 Å². The standard InChI is InChI=1S/C14H15N3O/c1-9-3-5-11(12(15)7-9)14(18)17-13-6-4-10(2)8-16-13/h3-8H,15H2,1-2H3,(H,16,17,18). The fourth-order valence-corrected chi connectivity index (χ4v) is 1.61. The third-order valence-corrected chi connectivity index (χ3v) is 2.60. The molecule has 0 saturated heterocycles. The van der Waals surface area contributed by atoms with Gasteiger partial charge in [-0.15, -0.1) is 0 Å². The van der Waals surface area contributed by atoms with Gasteiger partial charge in [-0.05, 0) is 43.2 Å². The Balaban J connectivity index is 2.19. The monoisotopic (exact) mass is 241 g/mol. The highest BCUT2D eigenvalue weighted by molar-refractivity contribution is 6.07. The van der Waals surface area contributed by atoms with E-state index in [9.17, 15) is 4.79 Å². The van der Waals surface area contributed by atoms with Crippen LogP contribution in [0.4, 0.5) is 11.5 Å². The Morgan fingerprint density at radius 2 is 1.89 bits per heavy atom. The molecule has 2 rings (SSSR count). The number of aromatic nitrogens is 1. The Morgan fingerprint density at radius 3 is 2.50 bits per heavy atom. The number of pyridine rings is 1. The Bertz CT molecular complexity index is 576. The number of carbonyl (C=O) groups is 1. The lowest BCUT2D eigenvalue weighted by atomic mass is 10.1. The molecule has 1 aromatic carbocycles. The van der Waals surface area contributed by atoms with E-state index >= 15 is 0 Å². The van der Waals surface area contributed by atoms with Crippen molar-refractivity contribution in [3.63, 3.8) is 0 Å². The number of nitrogen functional groups attached to an aromatic ring is 1. The predicted molar refractivity (Wildman–Crippen MR) is 72.5 cm³/mol. The second kappa shape index (κ2) is 4.87. The summed E-state index contributed by atoms with van der Waals surface area (Å²) in [6.45, 7) is 3.87. The summed E-state index contributed by atoms with van der Waals surface area (Å²) >= 11 is 0. The van der Waals surface area contributed by atoms with Gasteiger partial charge >= 0.3 is 0 Å². The maximum Gasteiger partial charge on any atom is 0.258 e. The highest BCUT2D eigenvalue weighted by atomic mass is 16.1. The van der Waals surface area contributed by atoms with Crippen molar-refractivity contribution < 1.29 is 4.79 Å². The SMILES string of the molecule is Cc1ccc(NC(=O)c2ccc(C)cc2N)nc1. The number of hydrogen-bond donors (Lipinski definition) is 2. The molecule has 4 heteroatoms. The van der Waals surface area contributed by atoms with Crippen LogP contribution in [0.15, 0.2) is 36.5 Å². The van der Waals surface area contributed by atoms with Gasteiger partial charge in [-0.25, -0.2) is 4.98 Å². The van der Waals surface area contributed by atoms with Crippen LogP contribution in [0.1, 0.15) is 21.5 Å². The minimum atomic E-state index is -0.246. The van der Waals surface area contributed by atoms with Gasteiger partial charge in [0.1, 0.15) is 5.82 Å². The van der Waals surface area contributed by atoms with E-state index in [1.807, 2.05) is 26.0 Å². The number of rotatable bonds is 2. The first-order chi connectivity index (χ1) is 8.56. The zero-order valence-electron chi connectivity index (χ0n) is 10.4. The van der Waals surface area contributed by atoms with E-state index < -0.39 is 0 Å². The second-order valence-corrected chi connectivity index (χ2v) is 4.27. The molecular weight excluding hydrogens is 226 g/mol. The van der Waals surface area contributed by atoms with E-state index in [4.69, 9.17) is 5.73 Å². The van der Waals surface area contributed by atoms with E-state index in [2.05, 4.69) is 10.3 Å². The van der Waals surface area contributed by atoms with Crippen LogP contribution in [0.5, 0.6) is 0 Å². The lowest BCUT2D eigenvalue weighted by Crippen LogP contribution is -2.14. The van der Waals surface area contributed by atoms with Crippen molar-refractivity contribution in [2.45, 2.75) is 13.8 Å². The molecule has 18 heavy (non-hydrogen) atoms. The zero-order valence-corrected chi connectivity index (χ0v) is 10.4. The first kappa shape index (κ1) is 12.1. The van der Waals surface area contributed by atoms with Crippen LogP contribution in [-0.2, 0) is 0 Å². The lowest BCUT2D eigenvalue weighted by Gasteiger charge is -2.07. The molecule has 0 aliphatic heterocycles. The van der Waals surface area contributed by atoms with Gasteiger partial charge in [0.25, 0.3) is 5.91 Å². The Kier molecular flexibility index (Phi) is 3.28. The van der Waals surface area contributed by atoms with Gasteiger partial charge in [-0.1, -0.05) is 12.1 Å². The van der Waals surface area contributed by atoms with Gasteiger partial charge in [-0.2, -0.15) is 0 Å². The topological polar surface area (TPSA) is 68.0 Å². The van der Waals surface area contributed by atoms with Crippen LogP contribution in [0.2, 0.25) is 0 Å². The molecule has 92 valence electrons. The van der Waals surface area contributed by atoms with E-state index in [0.29, 0.717) is 17.1 Å². The summed E-state index contributed by atoms with van der Waals surface area (Å²) in [5.41, 5.74) is 8.82. The summed E-state index contributed by atoms with van der Waals surface area (Å²) in [6.07, 6.45) is 1.70. The third kappa shape index (κ3) is 2.66. The van der Waals surface area contributed by atoms with Crippen molar-refractivity contribution in [3.8, 4) is 0 Å². The summed E-state index contributed by atoms with van der Waals surface area (Å²) in [5.74, 6) is 0.273. The molecule has 1 heterocycles. The molecule has 1 aromatic heterocycles. The van der Waals surface area contributed by atoms with Gasteiger partial charge in [0, 0.05) is 11.9 Å². The summed E-state index contributed by atoms with van der Waals surface area (Å²) in [7, 11) is 0. The van der Waals surface area contributed by atoms with E-state index in [1.165, 1.54) is 0 Å². The fourth-order valence-electron chi connectivity index (χ4n) is 1.61. The molecule has 3 N–H and O–H groups in total. The Morgan fingerprint density at radius 1 is 1.17 bits per heavy atom. The van der Waals surface area contributed by atoms with Gasteiger partial charge in [0.05, 0.1) is 5.56 Å². The molecule has 1 amide bonds. The first-order valence-corrected chi connectivity index (χ1v) is 5.66. The number of nitrogens with one attached hydrogen (secondary N) is 1. The highest BCUT2D eigenvalue weighted by Gasteiger charge is 2.10. The van der Waals surface area contributed by atoms with E-state index in [-0.39, 0.29) is 5.91 Å². The molecule has 0 unspecified atom stereocenters. The minimum Gasteiger partial charge on any atom is -0.398 e. The summed E-state index contributed by atoms with van der Waals surface area (Å²) < 4.78 is 0. The molecule has 0 fully saturated rings. The normalized spacial score (nSPS) is 10.1. The molecular formula is C14H15N3O. The molecule has 0 spiro atoms. The Hall–Kier alpha value is -2.36. The quantitative estimate of drug-likeness (QED) is 0.794. The van der Waals surface area contributed by atoms with Gasteiger partial charge in [0.15, 0.2) is 0 Å². The van der Waals surface area contributed by atoms with Crippen molar-refractivity contribution in [1.82, 2.24) is 4.98 Å². The molecule has 0 saturated carbocycles. The van der Waals surface area contributed by atoms with Gasteiger partial charge in [0.2, 0.25) is 0 Å². The van der Waals surface area contributed by atoms with Crippen LogP contribution in [0, 0.1) is 13.8 Å². The molecule has 2 aromatic rings. The summed E-state index contributed by atoms with van der Waals surface area (Å²) in [4.78, 5) is 16.1. The minimum absolute atomic E-state index is 0.246. The third-order valence-electron chi connectivity index (χ3n) is 2.60. The van der Waals surface area contributed by atoms with Crippen molar-refractivity contribution in [1.29, 1.82) is 0 Å². The van der Waals surface area contributed by atoms with Crippen molar-refractivity contribution in [3.05, 3.63) is 53.2 Å². The number of nitrogens with zero attached hydrogens (tertiary/aromatic N) is 1. The van der Waals surface area contributed by atoms with E-state index in [0.717, 1.165) is 11.1 Å². The number of anilines is 2. The van der Waals surface area contributed by atoms with Crippen LogP contribution < -0.4 is 11.1 Å². The summed E-state index contributed by atoms with van der Waals surface area (Å²) in [5, 5.41) is 2.72. The van der Waals surface area contributed by atoms with Gasteiger partial charge in [-0.3, -0.25) is 4.79 Å². The van der Waals surface area contributed by atoms with Crippen LogP contribution >= 0.6 is 0 Å². The number of benzene rings is 1. The second-order valence-electron chi connectivity index (χ2n) is 4.27. The van der Waals surface area contributed by atoms with Crippen LogP contribution in [-0.4, -0.2) is 10.9 Å². The first-order valence-electron chi connectivity index (χ1n) is 5.66. The number of hydrogen-bond acceptors (Lipinski definition) is 3. The highest BCUT2D eigenvalue weighted by Crippen LogP contribution is 2.15. The molecule has 0 aliphatic rings. The summed E-state index contributed by atoms with van der Waals surface area (Å²) in [6, 6.07) is 9.00. The Labute approximate surface area is 106 Å². The predicted octanol–water partition coefficient (Wildman–Crippen LogP) is 2.53. The molecule has 0 atom stereocenters. The fraction of sp³-hybridized carbons (Fsp3) is 0.143. The molecule has 0 aliphatic carbocycles.